The van der Waals surface area contributed by atoms with E-state index >= 15 is 0 Å². The van der Waals surface area contributed by atoms with Crippen molar-refractivity contribution >= 4 is 11.8 Å². The Morgan fingerprint density at radius 2 is 1.83 bits per heavy atom. The Balaban J connectivity index is 1.38. The lowest BCUT2D eigenvalue weighted by molar-refractivity contribution is -0.135. The first-order chi connectivity index (χ1) is 11.7. The lowest BCUT2D eigenvalue weighted by Crippen LogP contribution is -2.48. The number of nitrogens with one attached hydrogen (secondary N) is 1. The Bertz CT molecular complexity index is 561. The van der Waals surface area contributed by atoms with Crippen molar-refractivity contribution in [3.63, 3.8) is 0 Å². The molecule has 2 aliphatic rings. The molecule has 1 aromatic carbocycles. The van der Waals surface area contributed by atoms with Gasteiger partial charge in [0.05, 0.1) is 6.54 Å². The van der Waals surface area contributed by atoms with Crippen molar-refractivity contribution in [2.24, 2.45) is 11.8 Å². The van der Waals surface area contributed by atoms with Gasteiger partial charge in [-0.3, -0.25) is 9.59 Å². The SMILES string of the molecule is O=C(COc1ccccc1)NCC(=O)N1CC[C@H]2CCCC[C@H]2C1. The summed E-state index contributed by atoms with van der Waals surface area (Å²) in [6.45, 7) is 1.69. The van der Waals surface area contributed by atoms with Gasteiger partial charge in [-0.2, -0.15) is 0 Å². The van der Waals surface area contributed by atoms with Gasteiger partial charge in [-0.15, -0.1) is 0 Å². The third-order valence-electron chi connectivity index (χ3n) is 5.19. The second-order valence-corrected chi connectivity index (χ2v) is 6.81. The Kier molecular flexibility index (Phi) is 5.72. The quantitative estimate of drug-likeness (QED) is 0.900. The van der Waals surface area contributed by atoms with Crippen molar-refractivity contribution in [2.45, 2.75) is 32.1 Å². The van der Waals surface area contributed by atoms with Gasteiger partial charge in [0.15, 0.2) is 6.61 Å². The molecule has 24 heavy (non-hydrogen) atoms. The minimum absolute atomic E-state index is 0.0204. The lowest BCUT2D eigenvalue weighted by Gasteiger charge is -2.41. The number of hydrogen-bond acceptors (Lipinski definition) is 3. The Labute approximate surface area is 143 Å². The molecule has 5 heteroatoms. The molecular formula is C19H26N2O3. The molecule has 0 bridgehead atoms. The minimum Gasteiger partial charge on any atom is -0.484 e. The monoisotopic (exact) mass is 330 g/mol. The molecule has 5 nitrogen and oxygen atoms in total. The third kappa shape index (κ3) is 4.49. The summed E-state index contributed by atoms with van der Waals surface area (Å²) in [6, 6.07) is 9.19. The van der Waals surface area contributed by atoms with Crippen LogP contribution in [0.15, 0.2) is 30.3 Å². The minimum atomic E-state index is -0.264. The van der Waals surface area contributed by atoms with Gasteiger partial charge in [-0.1, -0.05) is 37.5 Å². The standard InChI is InChI=1S/C19H26N2O3/c22-18(14-24-17-8-2-1-3-9-17)20-12-19(23)21-11-10-15-6-4-5-7-16(15)13-21/h1-3,8-9,15-16H,4-7,10-14H2,(H,20,22)/t15-,16+/m1/s1. The van der Waals surface area contributed by atoms with E-state index in [-0.39, 0.29) is 25.0 Å². The highest BCUT2D eigenvalue weighted by Crippen LogP contribution is 2.35. The maximum absolute atomic E-state index is 12.3. The van der Waals surface area contributed by atoms with Gasteiger partial charge in [0.1, 0.15) is 5.75 Å². The number of hydrogen-bond donors (Lipinski definition) is 1. The average Bonchev–Trinajstić information content (AvgIpc) is 2.65. The molecule has 0 unspecified atom stereocenters. The van der Waals surface area contributed by atoms with Crippen molar-refractivity contribution in [3.05, 3.63) is 30.3 Å². The number of likely N-dealkylation sites (tertiary alicyclic amines) is 1. The molecule has 1 saturated carbocycles. The molecule has 0 spiro atoms. The van der Waals surface area contributed by atoms with Crippen LogP contribution in [-0.4, -0.2) is 43.0 Å². The number of nitrogens with zero attached hydrogens (tertiary/aromatic N) is 1. The maximum Gasteiger partial charge on any atom is 0.258 e. The molecule has 1 aliphatic heterocycles. The van der Waals surface area contributed by atoms with Crippen molar-refractivity contribution in [2.75, 3.05) is 26.2 Å². The Morgan fingerprint density at radius 3 is 2.62 bits per heavy atom. The van der Waals surface area contributed by atoms with E-state index in [1.807, 2.05) is 23.1 Å². The molecule has 1 saturated heterocycles. The predicted molar refractivity (Wildman–Crippen MR) is 91.6 cm³/mol. The average molecular weight is 330 g/mol. The van der Waals surface area contributed by atoms with Crippen molar-refractivity contribution in [1.82, 2.24) is 10.2 Å². The molecule has 2 amide bonds. The molecular weight excluding hydrogens is 304 g/mol. The number of para-hydroxylation sites is 1. The fourth-order valence-electron chi connectivity index (χ4n) is 3.83. The van der Waals surface area contributed by atoms with E-state index in [2.05, 4.69) is 5.32 Å². The number of carbonyl (C=O) groups is 2. The van der Waals surface area contributed by atoms with Gasteiger partial charge in [0.25, 0.3) is 5.91 Å². The van der Waals surface area contributed by atoms with Gasteiger partial charge < -0.3 is 15.0 Å². The van der Waals surface area contributed by atoms with Crippen LogP contribution in [0, 0.1) is 11.8 Å². The first-order valence-electron chi connectivity index (χ1n) is 8.94. The van der Waals surface area contributed by atoms with E-state index in [1.54, 1.807) is 12.1 Å². The van der Waals surface area contributed by atoms with E-state index in [1.165, 1.54) is 25.7 Å². The molecule has 0 radical (unpaired) electrons. The highest BCUT2D eigenvalue weighted by atomic mass is 16.5. The van der Waals surface area contributed by atoms with Crippen LogP contribution in [0.2, 0.25) is 0 Å². The number of benzene rings is 1. The van der Waals surface area contributed by atoms with Crippen LogP contribution in [0.1, 0.15) is 32.1 Å². The summed E-state index contributed by atoms with van der Waals surface area (Å²) >= 11 is 0. The van der Waals surface area contributed by atoms with Gasteiger partial charge >= 0.3 is 0 Å². The second-order valence-electron chi connectivity index (χ2n) is 6.81. The Hall–Kier alpha value is -2.04. The predicted octanol–water partition coefficient (Wildman–Crippen LogP) is 2.22. The van der Waals surface area contributed by atoms with E-state index in [4.69, 9.17) is 4.74 Å². The van der Waals surface area contributed by atoms with E-state index in [0.717, 1.165) is 25.4 Å². The van der Waals surface area contributed by atoms with E-state index in [9.17, 15) is 9.59 Å². The highest BCUT2D eigenvalue weighted by molar-refractivity contribution is 5.85. The van der Waals surface area contributed by atoms with Crippen molar-refractivity contribution < 1.29 is 14.3 Å². The van der Waals surface area contributed by atoms with Crippen LogP contribution < -0.4 is 10.1 Å². The second kappa shape index (κ2) is 8.18. The number of carbonyl (C=O) groups excluding carboxylic acids is 2. The zero-order valence-corrected chi connectivity index (χ0v) is 14.1. The smallest absolute Gasteiger partial charge is 0.258 e. The summed E-state index contributed by atoms with van der Waals surface area (Å²) in [6.07, 6.45) is 6.30. The van der Waals surface area contributed by atoms with Crippen LogP contribution in [0.3, 0.4) is 0 Å². The van der Waals surface area contributed by atoms with Crippen LogP contribution >= 0.6 is 0 Å². The molecule has 3 rings (SSSR count). The molecule has 0 aromatic heterocycles. The zero-order valence-electron chi connectivity index (χ0n) is 14.1. The normalized spacial score (nSPS) is 23.2. The van der Waals surface area contributed by atoms with Gasteiger partial charge in [-0.05, 0) is 36.8 Å². The van der Waals surface area contributed by atoms with Crippen LogP contribution in [0.5, 0.6) is 5.75 Å². The molecule has 1 heterocycles. The Morgan fingerprint density at radius 1 is 1.08 bits per heavy atom. The topological polar surface area (TPSA) is 58.6 Å². The van der Waals surface area contributed by atoms with Gasteiger partial charge in [0, 0.05) is 13.1 Å². The van der Waals surface area contributed by atoms with E-state index < -0.39 is 0 Å². The number of rotatable bonds is 5. The highest BCUT2D eigenvalue weighted by Gasteiger charge is 2.32. The summed E-state index contributed by atoms with van der Waals surface area (Å²) in [5.74, 6) is 1.87. The third-order valence-corrected chi connectivity index (χ3v) is 5.19. The van der Waals surface area contributed by atoms with Gasteiger partial charge in [0.2, 0.25) is 5.91 Å². The molecule has 1 aliphatic carbocycles. The molecule has 2 fully saturated rings. The number of piperidine rings is 1. The largest absolute Gasteiger partial charge is 0.484 e. The summed E-state index contributed by atoms with van der Waals surface area (Å²) in [5, 5.41) is 2.67. The number of ether oxygens (including phenoxy) is 1. The molecule has 1 N–H and O–H groups in total. The summed E-state index contributed by atoms with van der Waals surface area (Å²) in [4.78, 5) is 26.1. The van der Waals surface area contributed by atoms with Crippen LogP contribution in [0.4, 0.5) is 0 Å². The number of fused-ring (bicyclic) bond motifs is 1. The van der Waals surface area contributed by atoms with Crippen molar-refractivity contribution in [3.8, 4) is 5.75 Å². The lowest BCUT2D eigenvalue weighted by atomic mass is 9.75. The first kappa shape index (κ1) is 16.8. The molecule has 1 aromatic rings. The molecule has 130 valence electrons. The van der Waals surface area contributed by atoms with E-state index in [0.29, 0.717) is 11.7 Å². The van der Waals surface area contributed by atoms with Gasteiger partial charge in [-0.25, -0.2) is 0 Å². The molecule has 2 atom stereocenters. The summed E-state index contributed by atoms with van der Waals surface area (Å²) < 4.78 is 5.38. The maximum atomic E-state index is 12.3. The first-order valence-corrected chi connectivity index (χ1v) is 8.94. The van der Waals surface area contributed by atoms with Crippen LogP contribution in [-0.2, 0) is 9.59 Å². The van der Waals surface area contributed by atoms with Crippen molar-refractivity contribution in [1.29, 1.82) is 0 Å². The fraction of sp³-hybridized carbons (Fsp3) is 0.579. The summed E-state index contributed by atoms with van der Waals surface area (Å²) in [5.41, 5.74) is 0. The number of amides is 2. The van der Waals surface area contributed by atoms with Crippen LogP contribution in [0.25, 0.3) is 0 Å². The zero-order chi connectivity index (χ0) is 16.8. The fourth-order valence-corrected chi connectivity index (χ4v) is 3.83. The summed E-state index contributed by atoms with van der Waals surface area (Å²) in [7, 11) is 0.